The molecule has 172 valence electrons. The third-order valence-electron chi connectivity index (χ3n) is 4.82. The number of alkyl halides is 3. The maximum Gasteiger partial charge on any atom is 0.416 e. The number of benzene rings is 2. The summed E-state index contributed by atoms with van der Waals surface area (Å²) < 4.78 is 68.9. The zero-order chi connectivity index (χ0) is 23.7. The molecule has 0 bridgehead atoms. The van der Waals surface area contributed by atoms with Gasteiger partial charge in [-0.1, -0.05) is 35.9 Å². The maximum atomic E-state index is 12.9. The van der Waals surface area contributed by atoms with E-state index in [1.54, 1.807) is 24.3 Å². The minimum atomic E-state index is -4.64. The summed E-state index contributed by atoms with van der Waals surface area (Å²) in [6.07, 6.45) is -3.62. The molecule has 0 aromatic heterocycles. The molecule has 2 aromatic carbocycles. The predicted octanol–water partition coefficient (Wildman–Crippen LogP) is 3.23. The van der Waals surface area contributed by atoms with Crippen LogP contribution in [0.25, 0.3) is 0 Å². The van der Waals surface area contributed by atoms with Gasteiger partial charge in [0.2, 0.25) is 10.0 Å². The molecule has 12 heteroatoms. The number of ether oxygens (including phenoxy) is 1. The summed E-state index contributed by atoms with van der Waals surface area (Å²) in [5.41, 5.74) is 0.208. The van der Waals surface area contributed by atoms with Crippen LogP contribution in [0.2, 0.25) is 5.02 Å². The lowest BCUT2D eigenvalue weighted by Gasteiger charge is -2.33. The van der Waals surface area contributed by atoms with E-state index in [4.69, 9.17) is 16.3 Å². The van der Waals surface area contributed by atoms with Crippen molar-refractivity contribution < 1.29 is 35.9 Å². The second kappa shape index (κ2) is 9.08. The van der Waals surface area contributed by atoms with Crippen molar-refractivity contribution in [2.24, 2.45) is 0 Å². The van der Waals surface area contributed by atoms with Crippen molar-refractivity contribution in [1.29, 1.82) is 0 Å². The standard InChI is InChI=1S/C20H18ClF3N2O5S/c1-32(29,30)26-10-13-5-3-2-4-12(13)8-17(26)19(28)31-11-18(27)25-16-9-14(20(22,23)24)6-7-15(16)21/h2-7,9,17H,8,10-11H2,1H3,(H,25,27)/t17-/m0/s1. The normalized spacial score (nSPS) is 16.8. The number of hydrogen-bond donors (Lipinski definition) is 1. The summed E-state index contributed by atoms with van der Waals surface area (Å²) in [5.74, 6) is -1.88. The third kappa shape index (κ3) is 5.59. The van der Waals surface area contributed by atoms with Crippen LogP contribution in [0.4, 0.5) is 18.9 Å². The van der Waals surface area contributed by atoms with Crippen molar-refractivity contribution in [3.05, 3.63) is 64.2 Å². The zero-order valence-corrected chi connectivity index (χ0v) is 18.2. The number of anilines is 1. The van der Waals surface area contributed by atoms with Gasteiger partial charge in [-0.2, -0.15) is 17.5 Å². The number of nitrogens with zero attached hydrogens (tertiary/aromatic N) is 1. The minimum absolute atomic E-state index is 0.0270. The molecule has 0 saturated heterocycles. The second-order valence-electron chi connectivity index (χ2n) is 7.15. The molecule has 3 rings (SSSR count). The molecule has 0 unspecified atom stereocenters. The van der Waals surface area contributed by atoms with E-state index < -0.39 is 46.3 Å². The molecule has 7 nitrogen and oxygen atoms in total. The molecule has 1 aliphatic heterocycles. The lowest BCUT2D eigenvalue weighted by molar-refractivity contribution is -0.151. The molecular weight excluding hydrogens is 473 g/mol. The molecule has 1 amide bonds. The van der Waals surface area contributed by atoms with Crippen molar-refractivity contribution in [2.45, 2.75) is 25.2 Å². The summed E-state index contributed by atoms with van der Waals surface area (Å²) in [7, 11) is -3.77. The topological polar surface area (TPSA) is 92.8 Å². The minimum Gasteiger partial charge on any atom is -0.454 e. The van der Waals surface area contributed by atoms with Crippen LogP contribution in [-0.4, -0.2) is 43.5 Å². The predicted molar refractivity (Wildman–Crippen MR) is 110 cm³/mol. The Hall–Kier alpha value is -2.63. The first-order valence-corrected chi connectivity index (χ1v) is 11.5. The summed E-state index contributed by atoms with van der Waals surface area (Å²) in [4.78, 5) is 24.7. The third-order valence-corrected chi connectivity index (χ3v) is 6.38. The fourth-order valence-electron chi connectivity index (χ4n) is 3.26. The molecule has 1 aliphatic rings. The SMILES string of the molecule is CS(=O)(=O)N1Cc2ccccc2C[C@H]1C(=O)OCC(=O)Nc1cc(C(F)(F)F)ccc1Cl. The highest BCUT2D eigenvalue weighted by atomic mass is 35.5. The molecule has 1 atom stereocenters. The number of fused-ring (bicyclic) bond motifs is 1. The van der Waals surface area contributed by atoms with Crippen LogP contribution in [-0.2, 0) is 43.5 Å². The van der Waals surface area contributed by atoms with E-state index in [1.165, 1.54) is 0 Å². The van der Waals surface area contributed by atoms with Crippen molar-refractivity contribution in [3.8, 4) is 0 Å². The average molecular weight is 491 g/mol. The Bertz CT molecular complexity index is 1150. The molecule has 1 heterocycles. The molecular formula is C20H18ClF3N2O5S. The summed E-state index contributed by atoms with van der Waals surface area (Å²) in [6.45, 7) is -0.859. The van der Waals surface area contributed by atoms with Crippen molar-refractivity contribution in [2.75, 3.05) is 18.2 Å². The molecule has 32 heavy (non-hydrogen) atoms. The smallest absolute Gasteiger partial charge is 0.416 e. The van der Waals surface area contributed by atoms with Gasteiger partial charge in [-0.15, -0.1) is 0 Å². The first-order valence-electron chi connectivity index (χ1n) is 9.23. The summed E-state index contributed by atoms with van der Waals surface area (Å²) >= 11 is 5.83. The van der Waals surface area contributed by atoms with Crippen molar-refractivity contribution in [3.63, 3.8) is 0 Å². The van der Waals surface area contributed by atoms with E-state index in [2.05, 4.69) is 5.32 Å². The second-order valence-corrected chi connectivity index (χ2v) is 9.49. The Labute approximate surface area is 187 Å². The maximum absolute atomic E-state index is 12.9. The lowest BCUT2D eigenvalue weighted by Crippen LogP contribution is -2.49. The van der Waals surface area contributed by atoms with Gasteiger partial charge in [-0.3, -0.25) is 9.59 Å². The van der Waals surface area contributed by atoms with E-state index in [0.29, 0.717) is 6.07 Å². The van der Waals surface area contributed by atoms with Crippen LogP contribution in [0.15, 0.2) is 42.5 Å². The molecule has 2 aromatic rings. The molecule has 0 radical (unpaired) electrons. The summed E-state index contributed by atoms with van der Waals surface area (Å²) in [5, 5.41) is 2.02. The fraction of sp³-hybridized carbons (Fsp3) is 0.300. The highest BCUT2D eigenvalue weighted by Gasteiger charge is 2.38. The molecule has 0 aliphatic carbocycles. The van der Waals surface area contributed by atoms with Gasteiger partial charge in [0.15, 0.2) is 6.61 Å². The average Bonchev–Trinajstić information content (AvgIpc) is 2.71. The Balaban J connectivity index is 1.69. The number of halogens is 4. The summed E-state index contributed by atoms with van der Waals surface area (Å²) in [6, 6.07) is 8.24. The monoisotopic (exact) mass is 490 g/mol. The van der Waals surface area contributed by atoms with Gasteiger partial charge in [0.05, 0.1) is 22.5 Å². The van der Waals surface area contributed by atoms with Gasteiger partial charge in [0.1, 0.15) is 6.04 Å². The molecule has 0 saturated carbocycles. The first kappa shape index (κ1) is 24.0. The van der Waals surface area contributed by atoms with E-state index >= 15 is 0 Å². The first-order chi connectivity index (χ1) is 14.9. The fourth-order valence-corrected chi connectivity index (χ4v) is 4.43. The van der Waals surface area contributed by atoms with Crippen molar-refractivity contribution >= 4 is 39.2 Å². The molecule has 1 N–H and O–H groups in total. The number of nitrogens with one attached hydrogen (secondary N) is 1. The van der Waals surface area contributed by atoms with E-state index in [0.717, 1.165) is 33.8 Å². The van der Waals surface area contributed by atoms with Gasteiger partial charge < -0.3 is 10.1 Å². The number of sulfonamides is 1. The van der Waals surface area contributed by atoms with Crippen LogP contribution in [0.5, 0.6) is 0 Å². The van der Waals surface area contributed by atoms with Crippen LogP contribution >= 0.6 is 11.6 Å². The number of amides is 1. The number of carbonyl (C=O) groups excluding carboxylic acids is 2. The Morgan fingerprint density at radius 2 is 1.84 bits per heavy atom. The van der Waals surface area contributed by atoms with Gasteiger partial charge >= 0.3 is 12.1 Å². The van der Waals surface area contributed by atoms with Gasteiger partial charge in [-0.05, 0) is 29.3 Å². The molecule has 0 fully saturated rings. The van der Waals surface area contributed by atoms with Crippen LogP contribution in [0.3, 0.4) is 0 Å². The van der Waals surface area contributed by atoms with E-state index in [-0.39, 0.29) is 23.7 Å². The van der Waals surface area contributed by atoms with Gasteiger partial charge in [-0.25, -0.2) is 8.42 Å². The number of esters is 1. The van der Waals surface area contributed by atoms with Gasteiger partial charge in [0.25, 0.3) is 5.91 Å². The Morgan fingerprint density at radius 1 is 1.19 bits per heavy atom. The highest BCUT2D eigenvalue weighted by Crippen LogP contribution is 2.34. The number of rotatable bonds is 5. The van der Waals surface area contributed by atoms with Crippen LogP contribution in [0.1, 0.15) is 16.7 Å². The van der Waals surface area contributed by atoms with E-state index in [9.17, 15) is 31.2 Å². The molecule has 0 spiro atoms. The zero-order valence-electron chi connectivity index (χ0n) is 16.6. The number of carbonyl (C=O) groups is 2. The Morgan fingerprint density at radius 3 is 2.47 bits per heavy atom. The number of hydrogen-bond acceptors (Lipinski definition) is 5. The highest BCUT2D eigenvalue weighted by molar-refractivity contribution is 7.88. The van der Waals surface area contributed by atoms with Gasteiger partial charge in [0, 0.05) is 13.0 Å². The largest absolute Gasteiger partial charge is 0.454 e. The van der Waals surface area contributed by atoms with E-state index in [1.807, 2.05) is 0 Å². The van der Waals surface area contributed by atoms with Crippen LogP contribution < -0.4 is 5.32 Å². The van der Waals surface area contributed by atoms with Crippen molar-refractivity contribution in [1.82, 2.24) is 4.31 Å². The quantitative estimate of drug-likeness (QED) is 0.650. The Kier molecular flexibility index (Phi) is 6.82. The van der Waals surface area contributed by atoms with Crippen LogP contribution in [0, 0.1) is 0 Å². The lowest BCUT2D eigenvalue weighted by atomic mass is 9.96.